The molecule has 3 rings (SSSR count). The highest BCUT2D eigenvalue weighted by Crippen LogP contribution is 2.41. The summed E-state index contributed by atoms with van der Waals surface area (Å²) < 4.78 is 1.98. The minimum atomic E-state index is 0.531. The molecule has 1 aliphatic carbocycles. The van der Waals surface area contributed by atoms with Gasteiger partial charge in [-0.05, 0) is 30.7 Å². The first kappa shape index (κ1) is 14.0. The highest BCUT2D eigenvalue weighted by molar-refractivity contribution is 8.13. The lowest BCUT2D eigenvalue weighted by atomic mass is 9.75. The molecule has 0 aromatic carbocycles. The first-order valence-corrected chi connectivity index (χ1v) is 8.74. The van der Waals surface area contributed by atoms with Crippen LogP contribution in [0, 0.1) is 5.41 Å². The van der Waals surface area contributed by atoms with Crippen molar-refractivity contribution >= 4 is 16.9 Å². The average molecular weight is 292 g/mol. The van der Waals surface area contributed by atoms with Crippen LogP contribution in [0.25, 0.3) is 0 Å². The van der Waals surface area contributed by atoms with E-state index in [1.54, 1.807) is 0 Å². The fourth-order valence-corrected chi connectivity index (χ4v) is 4.32. The zero-order valence-corrected chi connectivity index (χ0v) is 12.9. The number of nitrogens with one attached hydrogen (secondary N) is 1. The maximum Gasteiger partial charge on any atom is 0.156 e. The number of hydrogen-bond donors (Lipinski definition) is 1. The van der Waals surface area contributed by atoms with Crippen molar-refractivity contribution in [2.75, 3.05) is 18.8 Å². The Balaban J connectivity index is 1.38. The number of amidine groups is 1. The van der Waals surface area contributed by atoms with Gasteiger partial charge in [0.2, 0.25) is 0 Å². The highest BCUT2D eigenvalue weighted by Gasteiger charge is 2.34. The fraction of sp³-hybridized carbons (Fsp3) is 0.733. The number of aliphatic imine (C=N–C) groups is 1. The van der Waals surface area contributed by atoms with E-state index in [2.05, 4.69) is 10.4 Å². The largest absolute Gasteiger partial charge is 0.365 e. The molecule has 2 aliphatic rings. The first-order chi connectivity index (χ1) is 9.86. The molecule has 1 saturated carbocycles. The Morgan fingerprint density at radius 3 is 2.90 bits per heavy atom. The van der Waals surface area contributed by atoms with E-state index < -0.39 is 0 Å². The van der Waals surface area contributed by atoms with Gasteiger partial charge in [0, 0.05) is 37.8 Å². The topological polar surface area (TPSA) is 42.2 Å². The van der Waals surface area contributed by atoms with Gasteiger partial charge in [0.1, 0.15) is 0 Å². The maximum absolute atomic E-state index is 4.79. The van der Waals surface area contributed by atoms with E-state index >= 15 is 0 Å². The molecular formula is C15H24N4S. The van der Waals surface area contributed by atoms with Gasteiger partial charge in [-0.2, -0.15) is 5.10 Å². The van der Waals surface area contributed by atoms with Crippen molar-refractivity contribution in [2.45, 2.75) is 45.1 Å². The summed E-state index contributed by atoms with van der Waals surface area (Å²) in [6.07, 6.45) is 11.9. The monoisotopic (exact) mass is 292 g/mol. The SMILES string of the molecule is c1cnn(CCCNC2=NCC3(CCCCC3)CS2)c1. The second-order valence-corrected chi connectivity index (χ2v) is 6.98. The molecular weight excluding hydrogens is 268 g/mol. The molecule has 1 aliphatic heterocycles. The standard InChI is InChI=1S/C15H24N4S/c1-2-6-15(7-3-1)12-17-14(20-13-15)16-8-4-10-19-11-5-9-18-19/h5,9,11H,1-4,6-8,10,12-13H2,(H,16,17). The van der Waals surface area contributed by atoms with Crippen LogP contribution in [0.4, 0.5) is 0 Å². The Morgan fingerprint density at radius 1 is 1.30 bits per heavy atom. The van der Waals surface area contributed by atoms with Crippen LogP contribution in [-0.2, 0) is 6.54 Å². The minimum Gasteiger partial charge on any atom is -0.365 e. The molecule has 0 radical (unpaired) electrons. The summed E-state index contributed by atoms with van der Waals surface area (Å²) in [7, 11) is 0. The zero-order chi connectivity index (χ0) is 13.7. The summed E-state index contributed by atoms with van der Waals surface area (Å²) in [4.78, 5) is 4.79. The molecule has 110 valence electrons. The minimum absolute atomic E-state index is 0.531. The van der Waals surface area contributed by atoms with Crippen LogP contribution in [0.15, 0.2) is 23.5 Å². The molecule has 1 spiro atoms. The molecule has 4 nitrogen and oxygen atoms in total. The number of thioether (sulfide) groups is 1. The van der Waals surface area contributed by atoms with Crippen molar-refractivity contribution < 1.29 is 0 Å². The van der Waals surface area contributed by atoms with Gasteiger partial charge in [0.15, 0.2) is 5.17 Å². The van der Waals surface area contributed by atoms with E-state index in [-0.39, 0.29) is 0 Å². The summed E-state index contributed by atoms with van der Waals surface area (Å²) in [5, 5.41) is 8.84. The van der Waals surface area contributed by atoms with Gasteiger partial charge in [-0.15, -0.1) is 0 Å². The van der Waals surface area contributed by atoms with Crippen molar-refractivity contribution in [1.29, 1.82) is 0 Å². The third kappa shape index (κ3) is 3.57. The van der Waals surface area contributed by atoms with Gasteiger partial charge < -0.3 is 5.32 Å². The van der Waals surface area contributed by atoms with Crippen molar-refractivity contribution in [3.8, 4) is 0 Å². The lowest BCUT2D eigenvalue weighted by molar-refractivity contribution is 0.232. The molecule has 5 heteroatoms. The van der Waals surface area contributed by atoms with Gasteiger partial charge in [-0.3, -0.25) is 9.67 Å². The Hall–Kier alpha value is -0.970. The number of rotatable bonds is 4. The average Bonchev–Trinajstić information content (AvgIpc) is 3.00. The molecule has 0 atom stereocenters. The van der Waals surface area contributed by atoms with Gasteiger partial charge in [-0.1, -0.05) is 31.0 Å². The van der Waals surface area contributed by atoms with Crippen LogP contribution < -0.4 is 5.32 Å². The van der Waals surface area contributed by atoms with Crippen LogP contribution in [0.2, 0.25) is 0 Å². The summed E-state index contributed by atoms with van der Waals surface area (Å²) in [5.74, 6) is 1.26. The third-order valence-corrected chi connectivity index (χ3v) is 5.69. The Bertz CT molecular complexity index is 435. The second-order valence-electron chi connectivity index (χ2n) is 6.02. The predicted molar refractivity (Wildman–Crippen MR) is 85.1 cm³/mol. The normalized spacial score (nSPS) is 21.7. The van der Waals surface area contributed by atoms with E-state index in [1.807, 2.05) is 34.9 Å². The molecule has 2 heterocycles. The third-order valence-electron chi connectivity index (χ3n) is 4.39. The Morgan fingerprint density at radius 2 is 2.20 bits per heavy atom. The predicted octanol–water partition coefficient (Wildman–Crippen LogP) is 2.92. The molecule has 1 N–H and O–H groups in total. The van der Waals surface area contributed by atoms with Crippen LogP contribution in [-0.4, -0.2) is 33.8 Å². The van der Waals surface area contributed by atoms with Crippen LogP contribution >= 0.6 is 11.8 Å². The van der Waals surface area contributed by atoms with Gasteiger partial charge in [0.25, 0.3) is 0 Å². The number of hydrogen-bond acceptors (Lipinski definition) is 4. The van der Waals surface area contributed by atoms with E-state index in [0.29, 0.717) is 5.41 Å². The molecule has 0 bridgehead atoms. The lowest BCUT2D eigenvalue weighted by Gasteiger charge is -2.38. The molecule has 20 heavy (non-hydrogen) atoms. The van der Waals surface area contributed by atoms with E-state index in [4.69, 9.17) is 4.99 Å². The Labute approximate surface area is 125 Å². The first-order valence-electron chi connectivity index (χ1n) is 7.75. The maximum atomic E-state index is 4.79. The number of aryl methyl sites for hydroxylation is 1. The highest BCUT2D eigenvalue weighted by atomic mass is 32.2. The smallest absolute Gasteiger partial charge is 0.156 e. The van der Waals surface area contributed by atoms with Crippen molar-refractivity contribution in [3.63, 3.8) is 0 Å². The molecule has 1 aromatic rings. The molecule has 0 amide bonds. The fourth-order valence-electron chi connectivity index (χ4n) is 3.13. The molecule has 1 aromatic heterocycles. The molecule has 0 saturated heterocycles. The van der Waals surface area contributed by atoms with Crippen LogP contribution in [0.1, 0.15) is 38.5 Å². The van der Waals surface area contributed by atoms with Crippen LogP contribution in [0.3, 0.4) is 0 Å². The second kappa shape index (κ2) is 6.66. The number of nitrogens with zero attached hydrogens (tertiary/aromatic N) is 3. The summed E-state index contributed by atoms with van der Waals surface area (Å²) in [6.45, 7) is 3.00. The quantitative estimate of drug-likeness (QED) is 0.868. The summed E-state index contributed by atoms with van der Waals surface area (Å²) in [6, 6.07) is 1.97. The molecule has 0 unspecified atom stereocenters. The van der Waals surface area contributed by atoms with Crippen LogP contribution in [0.5, 0.6) is 0 Å². The summed E-state index contributed by atoms with van der Waals surface area (Å²) >= 11 is 1.93. The van der Waals surface area contributed by atoms with Gasteiger partial charge >= 0.3 is 0 Å². The zero-order valence-electron chi connectivity index (χ0n) is 12.1. The lowest BCUT2D eigenvalue weighted by Crippen LogP contribution is -2.37. The van der Waals surface area contributed by atoms with Crippen molar-refractivity contribution in [2.24, 2.45) is 10.4 Å². The van der Waals surface area contributed by atoms with Crippen molar-refractivity contribution in [3.05, 3.63) is 18.5 Å². The number of aromatic nitrogens is 2. The van der Waals surface area contributed by atoms with E-state index in [0.717, 1.165) is 31.2 Å². The van der Waals surface area contributed by atoms with E-state index in [1.165, 1.54) is 37.9 Å². The van der Waals surface area contributed by atoms with Gasteiger partial charge in [0.05, 0.1) is 0 Å². The summed E-state index contributed by atoms with van der Waals surface area (Å²) in [5.41, 5.74) is 0.531. The molecule has 1 fully saturated rings. The van der Waals surface area contributed by atoms with Crippen molar-refractivity contribution in [1.82, 2.24) is 15.1 Å². The van der Waals surface area contributed by atoms with E-state index in [9.17, 15) is 0 Å². The van der Waals surface area contributed by atoms with Gasteiger partial charge in [-0.25, -0.2) is 0 Å². The Kier molecular flexibility index (Phi) is 4.65.